The van der Waals surface area contributed by atoms with Gasteiger partial charge in [-0.15, -0.1) is 6.42 Å². The Hall–Kier alpha value is -1.17. The maximum absolute atomic E-state index is 11.4. The van der Waals surface area contributed by atoms with Crippen molar-refractivity contribution in [2.24, 2.45) is 5.92 Å². The highest BCUT2D eigenvalue weighted by Gasteiger charge is 2.27. The van der Waals surface area contributed by atoms with Crippen LogP contribution in [0.15, 0.2) is 0 Å². The summed E-state index contributed by atoms with van der Waals surface area (Å²) in [7, 11) is 1.71. The molecule has 1 aliphatic carbocycles. The fourth-order valence-electron chi connectivity index (χ4n) is 1.51. The SMILES string of the molecule is C#CCN(C)C(=O)NC1CC(C)C1. The van der Waals surface area contributed by atoms with Gasteiger partial charge in [0.05, 0.1) is 6.54 Å². The molecule has 0 unspecified atom stereocenters. The smallest absolute Gasteiger partial charge is 0.318 e. The number of nitrogens with one attached hydrogen (secondary N) is 1. The molecule has 0 aromatic heterocycles. The zero-order chi connectivity index (χ0) is 9.84. The molecule has 0 aliphatic heterocycles. The second-order valence-electron chi connectivity index (χ2n) is 3.78. The molecule has 0 radical (unpaired) electrons. The molecule has 3 nitrogen and oxygen atoms in total. The lowest BCUT2D eigenvalue weighted by Crippen LogP contribution is -2.48. The van der Waals surface area contributed by atoms with Crippen LogP contribution < -0.4 is 5.32 Å². The van der Waals surface area contributed by atoms with E-state index in [9.17, 15) is 4.79 Å². The third-order valence-electron chi connectivity index (χ3n) is 2.38. The first kappa shape index (κ1) is 9.91. The van der Waals surface area contributed by atoms with Gasteiger partial charge in [0.25, 0.3) is 0 Å². The van der Waals surface area contributed by atoms with Gasteiger partial charge >= 0.3 is 6.03 Å². The van der Waals surface area contributed by atoms with E-state index in [4.69, 9.17) is 6.42 Å². The van der Waals surface area contributed by atoms with E-state index in [-0.39, 0.29) is 6.03 Å². The highest BCUT2D eigenvalue weighted by Crippen LogP contribution is 2.26. The van der Waals surface area contributed by atoms with Crippen LogP contribution in [-0.2, 0) is 0 Å². The maximum Gasteiger partial charge on any atom is 0.318 e. The van der Waals surface area contributed by atoms with E-state index >= 15 is 0 Å². The van der Waals surface area contributed by atoms with Crippen LogP contribution in [0.1, 0.15) is 19.8 Å². The normalized spacial score (nSPS) is 25.6. The second kappa shape index (κ2) is 4.18. The van der Waals surface area contributed by atoms with Crippen LogP contribution in [0.5, 0.6) is 0 Å². The summed E-state index contributed by atoms with van der Waals surface area (Å²) in [5.74, 6) is 3.18. The van der Waals surface area contributed by atoms with Gasteiger partial charge in [-0.1, -0.05) is 12.8 Å². The van der Waals surface area contributed by atoms with Gasteiger partial charge in [0.1, 0.15) is 0 Å². The summed E-state index contributed by atoms with van der Waals surface area (Å²) in [6.45, 7) is 2.56. The Morgan fingerprint density at radius 1 is 1.69 bits per heavy atom. The van der Waals surface area contributed by atoms with Crippen LogP contribution in [0.4, 0.5) is 4.79 Å². The van der Waals surface area contributed by atoms with Crippen molar-refractivity contribution in [3.05, 3.63) is 0 Å². The fourth-order valence-corrected chi connectivity index (χ4v) is 1.51. The lowest BCUT2D eigenvalue weighted by molar-refractivity contribution is 0.187. The van der Waals surface area contributed by atoms with Crippen LogP contribution in [0.2, 0.25) is 0 Å². The largest absolute Gasteiger partial charge is 0.335 e. The minimum atomic E-state index is -0.0603. The molecule has 0 spiro atoms. The maximum atomic E-state index is 11.4. The Balaban J connectivity index is 2.22. The van der Waals surface area contributed by atoms with Crippen molar-refractivity contribution < 1.29 is 4.79 Å². The number of carbonyl (C=O) groups excluding carboxylic acids is 1. The molecule has 0 aromatic carbocycles. The van der Waals surface area contributed by atoms with Crippen molar-refractivity contribution >= 4 is 6.03 Å². The van der Waals surface area contributed by atoms with Crippen molar-refractivity contribution in [1.29, 1.82) is 0 Å². The highest BCUT2D eigenvalue weighted by atomic mass is 16.2. The molecule has 0 heterocycles. The minimum absolute atomic E-state index is 0.0603. The lowest BCUT2D eigenvalue weighted by Gasteiger charge is -2.34. The molecule has 1 N–H and O–H groups in total. The standard InChI is InChI=1S/C10H16N2O/c1-4-5-12(3)10(13)11-9-6-8(2)7-9/h1,8-9H,5-7H2,2-3H3,(H,11,13). The van der Waals surface area contributed by atoms with Crippen molar-refractivity contribution in [3.8, 4) is 12.3 Å². The van der Waals surface area contributed by atoms with E-state index in [1.807, 2.05) is 0 Å². The third-order valence-corrected chi connectivity index (χ3v) is 2.38. The van der Waals surface area contributed by atoms with Gasteiger partial charge in [-0.2, -0.15) is 0 Å². The van der Waals surface area contributed by atoms with E-state index in [2.05, 4.69) is 18.2 Å². The summed E-state index contributed by atoms with van der Waals surface area (Å²) >= 11 is 0. The zero-order valence-corrected chi connectivity index (χ0v) is 8.21. The lowest BCUT2D eigenvalue weighted by atomic mass is 9.82. The van der Waals surface area contributed by atoms with Crippen LogP contribution in [0.3, 0.4) is 0 Å². The number of amides is 2. The third kappa shape index (κ3) is 2.66. The van der Waals surface area contributed by atoms with E-state index in [1.165, 1.54) is 4.90 Å². The molecule has 1 aliphatic rings. The molecule has 2 amide bonds. The number of rotatable bonds is 2. The molecular formula is C10H16N2O. The summed E-state index contributed by atoms with van der Waals surface area (Å²) in [6, 6.07) is 0.303. The molecule has 0 bridgehead atoms. The number of urea groups is 1. The average Bonchev–Trinajstić information content (AvgIpc) is 2.02. The van der Waals surface area contributed by atoms with E-state index in [0.717, 1.165) is 18.8 Å². The molecule has 0 aromatic rings. The van der Waals surface area contributed by atoms with Gasteiger partial charge in [0, 0.05) is 13.1 Å². The number of hydrogen-bond acceptors (Lipinski definition) is 1. The molecule has 1 fully saturated rings. The van der Waals surface area contributed by atoms with Crippen LogP contribution in [0.25, 0.3) is 0 Å². The van der Waals surface area contributed by atoms with Gasteiger partial charge in [0.15, 0.2) is 0 Å². The predicted molar refractivity (Wildman–Crippen MR) is 52.2 cm³/mol. The Morgan fingerprint density at radius 2 is 2.31 bits per heavy atom. The Labute approximate surface area is 79.5 Å². The van der Waals surface area contributed by atoms with Crippen LogP contribution in [-0.4, -0.2) is 30.6 Å². The Bertz CT molecular complexity index is 226. The van der Waals surface area contributed by atoms with Gasteiger partial charge in [-0.3, -0.25) is 0 Å². The number of terminal acetylenes is 1. The Kier molecular flexibility index (Phi) is 3.18. The summed E-state index contributed by atoms with van der Waals surface area (Å²) in [4.78, 5) is 12.9. The van der Waals surface area contributed by atoms with Crippen LogP contribution >= 0.6 is 0 Å². The first-order valence-electron chi connectivity index (χ1n) is 4.58. The second-order valence-corrected chi connectivity index (χ2v) is 3.78. The van der Waals surface area contributed by atoms with E-state index in [0.29, 0.717) is 12.6 Å². The molecule has 3 heteroatoms. The van der Waals surface area contributed by atoms with Gasteiger partial charge in [-0.25, -0.2) is 4.79 Å². The topological polar surface area (TPSA) is 32.3 Å². The van der Waals surface area contributed by atoms with Crippen molar-refractivity contribution in [3.63, 3.8) is 0 Å². The predicted octanol–water partition coefficient (Wildman–Crippen LogP) is 1.06. The molecule has 0 atom stereocenters. The highest BCUT2D eigenvalue weighted by molar-refractivity contribution is 5.74. The number of nitrogens with zero attached hydrogens (tertiary/aromatic N) is 1. The molecular weight excluding hydrogens is 164 g/mol. The number of carbonyl (C=O) groups is 1. The molecule has 72 valence electrons. The molecule has 0 saturated heterocycles. The first-order valence-corrected chi connectivity index (χ1v) is 4.58. The van der Waals surface area contributed by atoms with Crippen LogP contribution in [0, 0.1) is 18.3 Å². The summed E-state index contributed by atoms with van der Waals surface area (Å²) in [6.07, 6.45) is 7.28. The average molecular weight is 180 g/mol. The monoisotopic (exact) mass is 180 g/mol. The van der Waals surface area contributed by atoms with Crippen molar-refractivity contribution in [1.82, 2.24) is 10.2 Å². The van der Waals surface area contributed by atoms with Gasteiger partial charge in [-0.05, 0) is 18.8 Å². The summed E-state index contributed by atoms with van der Waals surface area (Å²) in [5.41, 5.74) is 0. The summed E-state index contributed by atoms with van der Waals surface area (Å²) in [5, 5.41) is 2.92. The molecule has 13 heavy (non-hydrogen) atoms. The Morgan fingerprint density at radius 3 is 2.77 bits per heavy atom. The van der Waals surface area contributed by atoms with E-state index in [1.54, 1.807) is 7.05 Å². The van der Waals surface area contributed by atoms with Gasteiger partial charge < -0.3 is 10.2 Å². The van der Waals surface area contributed by atoms with E-state index < -0.39 is 0 Å². The summed E-state index contributed by atoms with van der Waals surface area (Å²) < 4.78 is 0. The van der Waals surface area contributed by atoms with Crippen molar-refractivity contribution in [2.75, 3.05) is 13.6 Å². The zero-order valence-electron chi connectivity index (χ0n) is 8.21. The number of hydrogen-bond donors (Lipinski definition) is 1. The molecule has 1 rings (SSSR count). The molecule has 1 saturated carbocycles. The van der Waals surface area contributed by atoms with Gasteiger partial charge in [0.2, 0.25) is 0 Å². The first-order chi connectivity index (χ1) is 6.13. The van der Waals surface area contributed by atoms with Crippen molar-refractivity contribution in [2.45, 2.75) is 25.8 Å². The fraction of sp³-hybridized carbons (Fsp3) is 0.700. The minimum Gasteiger partial charge on any atom is -0.335 e. The quantitative estimate of drug-likeness (QED) is 0.633.